The molecule has 0 spiro atoms. The topological polar surface area (TPSA) is 66.5 Å². The molecule has 118 valence electrons. The predicted octanol–water partition coefficient (Wildman–Crippen LogP) is 2.31. The third-order valence-electron chi connectivity index (χ3n) is 3.44. The Hall–Kier alpha value is -2.27. The van der Waals surface area contributed by atoms with Crippen LogP contribution in [0.2, 0.25) is 0 Å². The number of hydrogen-bond donors (Lipinski definition) is 1. The second kappa shape index (κ2) is 7.13. The van der Waals surface area contributed by atoms with E-state index in [4.69, 9.17) is 15.2 Å². The molecule has 0 unspecified atom stereocenters. The summed E-state index contributed by atoms with van der Waals surface area (Å²) in [7, 11) is 1.74. The molecule has 1 heterocycles. The van der Waals surface area contributed by atoms with E-state index in [1.54, 1.807) is 17.7 Å². The third kappa shape index (κ3) is 3.14. The Morgan fingerprint density at radius 2 is 1.82 bits per heavy atom. The molecule has 2 rings (SSSR count). The molecule has 0 aliphatic carbocycles. The van der Waals surface area contributed by atoms with Crippen LogP contribution in [-0.4, -0.2) is 17.8 Å². The van der Waals surface area contributed by atoms with E-state index in [0.717, 1.165) is 17.0 Å². The predicted molar refractivity (Wildman–Crippen MR) is 87.3 cm³/mol. The summed E-state index contributed by atoms with van der Waals surface area (Å²) < 4.78 is 12.8. The standard InChI is InChI=1S/C17H22N2O3/c1-4-21-13-7-8-14(16(10-13)22-5-2)15-9-6-12(11-18)17(20)19(15)3/h6-10H,4-5,11,18H2,1-3H3. The van der Waals surface area contributed by atoms with Crippen LogP contribution in [0.15, 0.2) is 35.1 Å². The van der Waals surface area contributed by atoms with E-state index in [2.05, 4.69) is 0 Å². The van der Waals surface area contributed by atoms with Crippen molar-refractivity contribution in [3.63, 3.8) is 0 Å². The minimum atomic E-state index is -0.0867. The van der Waals surface area contributed by atoms with Crippen LogP contribution in [0.1, 0.15) is 19.4 Å². The van der Waals surface area contributed by atoms with E-state index in [-0.39, 0.29) is 12.1 Å². The van der Waals surface area contributed by atoms with Gasteiger partial charge in [-0.05, 0) is 32.0 Å². The lowest BCUT2D eigenvalue weighted by molar-refractivity contribution is 0.324. The minimum Gasteiger partial charge on any atom is -0.494 e. The van der Waals surface area contributed by atoms with Crippen molar-refractivity contribution in [2.24, 2.45) is 12.8 Å². The molecule has 2 N–H and O–H groups in total. The molecule has 5 nitrogen and oxygen atoms in total. The number of nitrogens with two attached hydrogens (primary N) is 1. The lowest BCUT2D eigenvalue weighted by Crippen LogP contribution is -2.24. The fourth-order valence-electron chi connectivity index (χ4n) is 2.36. The zero-order chi connectivity index (χ0) is 16.1. The summed E-state index contributed by atoms with van der Waals surface area (Å²) in [5.74, 6) is 1.45. The maximum absolute atomic E-state index is 12.2. The van der Waals surface area contributed by atoms with Gasteiger partial charge in [-0.3, -0.25) is 4.79 Å². The highest BCUT2D eigenvalue weighted by Crippen LogP contribution is 2.33. The van der Waals surface area contributed by atoms with Crippen molar-refractivity contribution in [1.82, 2.24) is 4.57 Å². The summed E-state index contributed by atoms with van der Waals surface area (Å²) in [5.41, 5.74) is 7.73. The van der Waals surface area contributed by atoms with Crippen molar-refractivity contribution in [3.8, 4) is 22.8 Å². The zero-order valence-electron chi connectivity index (χ0n) is 13.3. The first-order valence-corrected chi connectivity index (χ1v) is 7.41. The number of benzene rings is 1. The number of ether oxygens (including phenoxy) is 2. The van der Waals surface area contributed by atoms with Gasteiger partial charge in [-0.15, -0.1) is 0 Å². The summed E-state index contributed by atoms with van der Waals surface area (Å²) in [6.07, 6.45) is 0. The van der Waals surface area contributed by atoms with Gasteiger partial charge in [0.05, 0.1) is 18.9 Å². The highest BCUT2D eigenvalue weighted by Gasteiger charge is 2.13. The van der Waals surface area contributed by atoms with E-state index in [9.17, 15) is 4.79 Å². The van der Waals surface area contributed by atoms with Gasteiger partial charge in [0.2, 0.25) is 0 Å². The van der Waals surface area contributed by atoms with Gasteiger partial charge in [0, 0.05) is 30.8 Å². The zero-order valence-corrected chi connectivity index (χ0v) is 13.3. The van der Waals surface area contributed by atoms with Crippen LogP contribution in [0.5, 0.6) is 11.5 Å². The van der Waals surface area contributed by atoms with Crippen molar-refractivity contribution in [1.29, 1.82) is 0 Å². The minimum absolute atomic E-state index is 0.0867. The number of hydrogen-bond acceptors (Lipinski definition) is 4. The van der Waals surface area contributed by atoms with Crippen molar-refractivity contribution in [3.05, 3.63) is 46.2 Å². The molecule has 22 heavy (non-hydrogen) atoms. The van der Waals surface area contributed by atoms with Crippen LogP contribution in [0.25, 0.3) is 11.3 Å². The number of pyridine rings is 1. The Labute approximate surface area is 130 Å². The van der Waals surface area contributed by atoms with E-state index in [0.29, 0.717) is 24.5 Å². The summed E-state index contributed by atoms with van der Waals surface area (Å²) in [5, 5.41) is 0. The molecule has 0 radical (unpaired) electrons. The van der Waals surface area contributed by atoms with Gasteiger partial charge >= 0.3 is 0 Å². The highest BCUT2D eigenvalue weighted by molar-refractivity contribution is 5.69. The highest BCUT2D eigenvalue weighted by atomic mass is 16.5. The van der Waals surface area contributed by atoms with Gasteiger partial charge in [-0.25, -0.2) is 0 Å². The van der Waals surface area contributed by atoms with Crippen molar-refractivity contribution in [2.45, 2.75) is 20.4 Å². The Balaban J connectivity index is 2.56. The van der Waals surface area contributed by atoms with Gasteiger partial charge in [0.25, 0.3) is 5.56 Å². The van der Waals surface area contributed by atoms with Gasteiger partial charge in [-0.2, -0.15) is 0 Å². The Kier molecular flexibility index (Phi) is 5.22. The second-order valence-electron chi connectivity index (χ2n) is 4.84. The number of nitrogens with zero attached hydrogens (tertiary/aromatic N) is 1. The first-order chi connectivity index (χ1) is 10.6. The number of aromatic nitrogens is 1. The third-order valence-corrected chi connectivity index (χ3v) is 3.44. The molecular formula is C17H22N2O3. The fourth-order valence-corrected chi connectivity index (χ4v) is 2.36. The molecule has 0 amide bonds. The summed E-state index contributed by atoms with van der Waals surface area (Å²) in [4.78, 5) is 12.2. The summed E-state index contributed by atoms with van der Waals surface area (Å²) >= 11 is 0. The van der Waals surface area contributed by atoms with E-state index in [1.807, 2.05) is 38.1 Å². The normalized spacial score (nSPS) is 10.5. The van der Waals surface area contributed by atoms with E-state index < -0.39 is 0 Å². The Morgan fingerprint density at radius 1 is 1.09 bits per heavy atom. The SMILES string of the molecule is CCOc1ccc(-c2ccc(CN)c(=O)n2C)c(OCC)c1. The molecule has 0 aliphatic rings. The summed E-state index contributed by atoms with van der Waals surface area (Å²) in [6.45, 7) is 5.22. The van der Waals surface area contributed by atoms with Crippen LogP contribution < -0.4 is 20.8 Å². The lowest BCUT2D eigenvalue weighted by atomic mass is 10.1. The monoisotopic (exact) mass is 302 g/mol. The Bertz CT molecular complexity index is 708. The molecule has 5 heteroatoms. The summed E-state index contributed by atoms with van der Waals surface area (Å²) in [6, 6.07) is 9.30. The van der Waals surface area contributed by atoms with Crippen LogP contribution in [-0.2, 0) is 13.6 Å². The van der Waals surface area contributed by atoms with Gasteiger partial charge < -0.3 is 19.8 Å². The van der Waals surface area contributed by atoms with Crippen LogP contribution in [0, 0.1) is 0 Å². The average molecular weight is 302 g/mol. The lowest BCUT2D eigenvalue weighted by Gasteiger charge is -2.15. The average Bonchev–Trinajstić information content (AvgIpc) is 2.51. The first-order valence-electron chi connectivity index (χ1n) is 7.41. The quantitative estimate of drug-likeness (QED) is 0.889. The number of rotatable bonds is 6. The molecule has 0 saturated heterocycles. The maximum Gasteiger partial charge on any atom is 0.255 e. The molecule has 0 bridgehead atoms. The van der Waals surface area contributed by atoms with Crippen molar-refractivity contribution in [2.75, 3.05) is 13.2 Å². The van der Waals surface area contributed by atoms with Crippen LogP contribution in [0.3, 0.4) is 0 Å². The molecule has 0 atom stereocenters. The van der Waals surface area contributed by atoms with Crippen molar-refractivity contribution >= 4 is 0 Å². The molecule has 2 aromatic rings. The Morgan fingerprint density at radius 3 is 2.45 bits per heavy atom. The molecule has 0 fully saturated rings. The molecule has 1 aromatic heterocycles. The van der Waals surface area contributed by atoms with Gasteiger partial charge in [-0.1, -0.05) is 6.07 Å². The largest absolute Gasteiger partial charge is 0.494 e. The maximum atomic E-state index is 12.2. The molecule has 0 aliphatic heterocycles. The molecular weight excluding hydrogens is 280 g/mol. The van der Waals surface area contributed by atoms with Gasteiger partial charge in [0.15, 0.2) is 0 Å². The smallest absolute Gasteiger partial charge is 0.255 e. The molecule has 0 saturated carbocycles. The first kappa shape index (κ1) is 16.1. The molecule has 1 aromatic carbocycles. The van der Waals surface area contributed by atoms with Crippen LogP contribution >= 0.6 is 0 Å². The fraction of sp³-hybridized carbons (Fsp3) is 0.353. The van der Waals surface area contributed by atoms with Crippen molar-refractivity contribution < 1.29 is 9.47 Å². The van der Waals surface area contributed by atoms with E-state index >= 15 is 0 Å². The second-order valence-corrected chi connectivity index (χ2v) is 4.84. The van der Waals surface area contributed by atoms with E-state index in [1.165, 1.54) is 0 Å². The van der Waals surface area contributed by atoms with Gasteiger partial charge in [0.1, 0.15) is 11.5 Å². The van der Waals surface area contributed by atoms with Crippen LogP contribution in [0.4, 0.5) is 0 Å².